The Balaban J connectivity index is 0.000001000. The van der Waals surface area contributed by atoms with Gasteiger partial charge in [-0.25, -0.2) is 0 Å². The summed E-state index contributed by atoms with van der Waals surface area (Å²) in [5.74, 6) is 0. The second kappa shape index (κ2) is 5.77. The molecule has 0 nitrogen and oxygen atoms in total. The Morgan fingerprint density at radius 1 is 1.18 bits per heavy atom. The van der Waals surface area contributed by atoms with Crippen LogP contribution in [-0.4, -0.2) is 0 Å². The van der Waals surface area contributed by atoms with Crippen LogP contribution in [0.3, 0.4) is 0 Å². The van der Waals surface area contributed by atoms with Crippen LogP contribution in [0.25, 0.3) is 0 Å². The van der Waals surface area contributed by atoms with Crippen LogP contribution in [0.2, 0.25) is 0 Å². The van der Waals surface area contributed by atoms with Crippen LogP contribution in [0.15, 0.2) is 23.3 Å². The second-order valence-corrected chi connectivity index (χ2v) is 3.11. The fourth-order valence-electron chi connectivity index (χ4n) is 1.25. The molecule has 0 N–H and O–H groups in total. The minimum Gasteiger partial charge on any atom is -0.0843 e. The van der Waals surface area contributed by atoms with Gasteiger partial charge in [0.1, 0.15) is 0 Å². The Kier molecular flexibility index (Phi) is 5.86. The van der Waals surface area contributed by atoms with Gasteiger partial charge in [-0.1, -0.05) is 23.3 Å². The van der Waals surface area contributed by atoms with Crippen LogP contribution < -0.4 is 0 Å². The number of hydrogen-bond acceptors (Lipinski definition) is 0. The molecule has 0 saturated carbocycles. The maximum Gasteiger partial charge on any atom is 2.00 e. The molecule has 0 aromatic carbocycles. The van der Waals surface area contributed by atoms with Crippen LogP contribution in [0, 0.1) is 0 Å². The van der Waals surface area contributed by atoms with Gasteiger partial charge >= 0.3 is 21.1 Å². The zero-order chi connectivity index (χ0) is 7.40. The van der Waals surface area contributed by atoms with Gasteiger partial charge in [0.05, 0.1) is 0 Å². The first-order valence-electron chi connectivity index (χ1n) is 4.13. The third-order valence-electron chi connectivity index (χ3n) is 2.21. The van der Waals surface area contributed by atoms with Crippen molar-refractivity contribution in [2.45, 2.75) is 39.5 Å². The van der Waals surface area contributed by atoms with Crippen molar-refractivity contribution < 1.29 is 21.1 Å². The summed E-state index contributed by atoms with van der Waals surface area (Å²) < 4.78 is 0. The van der Waals surface area contributed by atoms with Gasteiger partial charge < -0.3 is 0 Å². The van der Waals surface area contributed by atoms with Crippen molar-refractivity contribution in [1.82, 2.24) is 0 Å². The summed E-state index contributed by atoms with van der Waals surface area (Å²) in [6.45, 7) is 4.45. The molecule has 0 amide bonds. The van der Waals surface area contributed by atoms with Crippen molar-refractivity contribution in [3.05, 3.63) is 23.3 Å². The normalized spacial score (nSPS) is 28.2. The topological polar surface area (TPSA) is 0 Å². The van der Waals surface area contributed by atoms with E-state index in [9.17, 15) is 0 Å². The molecule has 11 heavy (non-hydrogen) atoms. The van der Waals surface area contributed by atoms with Crippen molar-refractivity contribution >= 4 is 0 Å². The van der Waals surface area contributed by atoms with E-state index in [1.807, 2.05) is 0 Å². The first-order chi connectivity index (χ1) is 4.80. The molecule has 64 valence electrons. The van der Waals surface area contributed by atoms with Crippen molar-refractivity contribution in [3.63, 3.8) is 0 Å². The van der Waals surface area contributed by atoms with E-state index in [0.29, 0.717) is 0 Å². The van der Waals surface area contributed by atoms with E-state index in [0.717, 1.165) is 0 Å². The molecular weight excluding hydrogens is 315 g/mol. The Morgan fingerprint density at radius 2 is 1.91 bits per heavy atom. The number of hydrogen-bond donors (Lipinski definition) is 0. The molecule has 1 heteroatoms. The molecule has 0 saturated heterocycles. The van der Waals surface area contributed by atoms with Crippen molar-refractivity contribution in [1.29, 1.82) is 0 Å². The third-order valence-corrected chi connectivity index (χ3v) is 2.21. The average Bonchev–Trinajstić information content (AvgIpc) is 1.92. The van der Waals surface area contributed by atoms with E-state index in [1.54, 1.807) is 5.57 Å². The quantitative estimate of drug-likeness (QED) is 0.638. The summed E-state index contributed by atoms with van der Waals surface area (Å²) >= 11 is 0. The molecule has 0 spiro atoms. The van der Waals surface area contributed by atoms with Crippen LogP contribution in [0.1, 0.15) is 39.5 Å². The van der Waals surface area contributed by atoms with E-state index >= 15 is 0 Å². The smallest absolute Gasteiger partial charge is 0.0843 e. The van der Waals surface area contributed by atoms with E-state index < -0.39 is 0 Å². The maximum atomic E-state index is 2.29. The van der Waals surface area contributed by atoms with Gasteiger partial charge in [-0.3, -0.25) is 0 Å². The Hall–Kier alpha value is 0.168. The molecule has 0 unspecified atom stereocenters. The molecule has 0 aromatic heterocycles. The molecule has 0 atom stereocenters. The Bertz CT molecular complexity index is 166. The standard InChI is InChI=1S/C10H16.Pt/c1-9-7-5-3-4-6-8-10(9)2;/h5,7H,3-4,6,8H2,1-2H3;/q;+2/b7-5-,10-9-;. The van der Waals surface area contributed by atoms with Gasteiger partial charge in [-0.05, 0) is 39.5 Å². The van der Waals surface area contributed by atoms with Gasteiger partial charge in [0, 0.05) is 0 Å². The van der Waals surface area contributed by atoms with Gasteiger partial charge in [0.2, 0.25) is 0 Å². The summed E-state index contributed by atoms with van der Waals surface area (Å²) in [5.41, 5.74) is 3.04. The zero-order valence-corrected chi connectivity index (χ0v) is 9.57. The van der Waals surface area contributed by atoms with E-state index in [-0.39, 0.29) is 21.1 Å². The molecule has 0 aromatic rings. The molecular formula is C10H16Pt+2. The molecule has 0 heterocycles. The summed E-state index contributed by atoms with van der Waals surface area (Å²) in [6, 6.07) is 0. The third kappa shape index (κ3) is 3.91. The second-order valence-electron chi connectivity index (χ2n) is 3.11. The predicted octanol–water partition coefficient (Wildman–Crippen LogP) is 3.45. The monoisotopic (exact) mass is 331 g/mol. The van der Waals surface area contributed by atoms with E-state index in [1.165, 1.54) is 31.3 Å². The van der Waals surface area contributed by atoms with E-state index in [2.05, 4.69) is 26.0 Å². The van der Waals surface area contributed by atoms with Crippen molar-refractivity contribution in [2.75, 3.05) is 0 Å². The maximum absolute atomic E-state index is 2.29. The fraction of sp³-hybridized carbons (Fsp3) is 0.600. The Labute approximate surface area is 84.0 Å². The first-order valence-corrected chi connectivity index (χ1v) is 4.13. The van der Waals surface area contributed by atoms with Gasteiger partial charge in [-0.2, -0.15) is 0 Å². The molecule has 1 aliphatic rings. The largest absolute Gasteiger partial charge is 2.00 e. The van der Waals surface area contributed by atoms with Gasteiger partial charge in [0.15, 0.2) is 0 Å². The molecule has 0 bridgehead atoms. The van der Waals surface area contributed by atoms with Gasteiger partial charge in [-0.15, -0.1) is 0 Å². The fourth-order valence-corrected chi connectivity index (χ4v) is 1.25. The molecule has 1 rings (SSSR count). The summed E-state index contributed by atoms with van der Waals surface area (Å²) in [6.07, 6.45) is 9.85. The predicted molar refractivity (Wildman–Crippen MR) is 46.0 cm³/mol. The van der Waals surface area contributed by atoms with Crippen LogP contribution in [0.5, 0.6) is 0 Å². The van der Waals surface area contributed by atoms with Gasteiger partial charge in [0.25, 0.3) is 0 Å². The SMILES string of the molecule is CC1=C(\C)CCCC/C=C\1.[Pt+2]. The van der Waals surface area contributed by atoms with Crippen molar-refractivity contribution in [2.24, 2.45) is 0 Å². The summed E-state index contributed by atoms with van der Waals surface area (Å²) in [5, 5.41) is 0. The summed E-state index contributed by atoms with van der Waals surface area (Å²) in [4.78, 5) is 0. The minimum absolute atomic E-state index is 0. The summed E-state index contributed by atoms with van der Waals surface area (Å²) in [7, 11) is 0. The molecule has 0 radical (unpaired) electrons. The molecule has 0 aliphatic heterocycles. The van der Waals surface area contributed by atoms with Crippen LogP contribution in [0.4, 0.5) is 0 Å². The zero-order valence-electron chi connectivity index (χ0n) is 7.30. The number of allylic oxidation sites excluding steroid dienone is 4. The van der Waals surface area contributed by atoms with Crippen LogP contribution >= 0.6 is 0 Å². The van der Waals surface area contributed by atoms with Crippen LogP contribution in [-0.2, 0) is 21.1 Å². The molecule has 0 fully saturated rings. The average molecular weight is 331 g/mol. The van der Waals surface area contributed by atoms with Crippen molar-refractivity contribution in [3.8, 4) is 0 Å². The minimum atomic E-state index is 0. The Morgan fingerprint density at radius 3 is 2.64 bits per heavy atom. The first kappa shape index (κ1) is 11.2. The number of rotatable bonds is 0. The van der Waals surface area contributed by atoms with E-state index in [4.69, 9.17) is 0 Å². The molecule has 1 aliphatic carbocycles.